The van der Waals surface area contributed by atoms with Crippen molar-refractivity contribution >= 4 is 46.8 Å². The molecular formula is C26H34N8O6. The maximum atomic E-state index is 12.9. The highest BCUT2D eigenvalue weighted by Gasteiger charge is 2.20. The highest BCUT2D eigenvalue weighted by molar-refractivity contribution is 6.07. The van der Waals surface area contributed by atoms with E-state index in [1.165, 1.54) is 22.8 Å². The monoisotopic (exact) mass is 554 g/mol. The minimum Gasteiger partial charge on any atom is -0.444 e. The molecule has 0 saturated carbocycles. The summed E-state index contributed by atoms with van der Waals surface area (Å²) in [4.78, 5) is 61.1. The average Bonchev–Trinajstić information content (AvgIpc) is 3.48. The summed E-state index contributed by atoms with van der Waals surface area (Å²) in [6.07, 6.45) is 4.11. The van der Waals surface area contributed by atoms with Gasteiger partial charge in [0.05, 0.1) is 17.1 Å². The quantitative estimate of drug-likeness (QED) is 0.270. The van der Waals surface area contributed by atoms with Crippen molar-refractivity contribution in [3.8, 4) is 0 Å². The standard InChI is InChI=1S/C26H34N8O6/c1-26(2,3)40-25(39)31-17-11-20(34(6)14-17)24(38)30-16-10-19(33(5)13-16)23(37)29-15-9-18(32(4)12-15)22(36)28-8-7-21(27)35/h9-14H,7-8H2,1-6H3,(H2,27,35)(H,28,36)(H,29,37)(H,30,38)(H,31,39). The zero-order valence-electron chi connectivity index (χ0n) is 23.2. The number of nitrogens with zero attached hydrogens (tertiary/aromatic N) is 3. The Morgan fingerprint density at radius 2 is 1.12 bits per heavy atom. The van der Waals surface area contributed by atoms with Crippen molar-refractivity contribution in [2.24, 2.45) is 26.9 Å². The fourth-order valence-electron chi connectivity index (χ4n) is 3.78. The van der Waals surface area contributed by atoms with E-state index in [1.807, 2.05) is 0 Å². The van der Waals surface area contributed by atoms with Crippen LogP contribution in [-0.2, 0) is 30.7 Å². The second-order valence-electron chi connectivity index (χ2n) is 10.2. The number of aromatic nitrogens is 3. The molecule has 0 fully saturated rings. The topological polar surface area (TPSA) is 184 Å². The lowest BCUT2D eigenvalue weighted by Crippen LogP contribution is -2.29. The summed E-state index contributed by atoms with van der Waals surface area (Å²) in [5.41, 5.74) is 6.37. The lowest BCUT2D eigenvalue weighted by Gasteiger charge is -2.19. The highest BCUT2D eigenvalue weighted by atomic mass is 16.6. The van der Waals surface area contributed by atoms with E-state index in [1.54, 1.807) is 69.6 Å². The maximum Gasteiger partial charge on any atom is 0.412 e. The average molecular weight is 555 g/mol. The summed E-state index contributed by atoms with van der Waals surface area (Å²) >= 11 is 0. The zero-order valence-corrected chi connectivity index (χ0v) is 23.2. The molecule has 0 aliphatic heterocycles. The number of nitrogens with two attached hydrogens (primary N) is 1. The van der Waals surface area contributed by atoms with E-state index >= 15 is 0 Å². The van der Waals surface area contributed by atoms with E-state index in [-0.39, 0.29) is 30.0 Å². The van der Waals surface area contributed by atoms with Crippen molar-refractivity contribution in [2.45, 2.75) is 32.8 Å². The minimum atomic E-state index is -0.666. The van der Waals surface area contributed by atoms with Crippen molar-refractivity contribution in [3.05, 3.63) is 53.9 Å². The number of aryl methyl sites for hydroxylation is 3. The number of ether oxygens (including phenoxy) is 1. The molecule has 0 bridgehead atoms. The smallest absolute Gasteiger partial charge is 0.412 e. The van der Waals surface area contributed by atoms with Gasteiger partial charge in [-0.15, -0.1) is 0 Å². The zero-order chi connectivity index (χ0) is 29.8. The minimum absolute atomic E-state index is 0.0142. The van der Waals surface area contributed by atoms with Crippen LogP contribution in [0.15, 0.2) is 36.8 Å². The van der Waals surface area contributed by atoms with Gasteiger partial charge in [-0.05, 0) is 39.0 Å². The molecule has 214 valence electrons. The third-order valence-corrected chi connectivity index (χ3v) is 5.53. The molecule has 0 atom stereocenters. The summed E-state index contributed by atoms with van der Waals surface area (Å²) in [5, 5.41) is 10.7. The van der Waals surface area contributed by atoms with Crippen LogP contribution >= 0.6 is 0 Å². The Kier molecular flexibility index (Phi) is 8.72. The van der Waals surface area contributed by atoms with E-state index in [0.717, 1.165) is 0 Å². The van der Waals surface area contributed by atoms with Crippen LogP contribution in [0.2, 0.25) is 0 Å². The molecule has 0 saturated heterocycles. The first kappa shape index (κ1) is 29.5. The van der Waals surface area contributed by atoms with Crippen LogP contribution in [0.25, 0.3) is 0 Å². The second kappa shape index (κ2) is 11.8. The van der Waals surface area contributed by atoms with E-state index < -0.39 is 35.3 Å². The number of amides is 5. The molecule has 14 heteroatoms. The second-order valence-corrected chi connectivity index (χ2v) is 10.2. The Bertz CT molecular complexity index is 1460. The van der Waals surface area contributed by atoms with Gasteiger partial charge in [-0.2, -0.15) is 0 Å². The van der Waals surface area contributed by atoms with Gasteiger partial charge in [0.2, 0.25) is 5.91 Å². The molecule has 0 aromatic carbocycles. The predicted molar refractivity (Wildman–Crippen MR) is 148 cm³/mol. The lowest BCUT2D eigenvalue weighted by molar-refractivity contribution is -0.117. The first-order chi connectivity index (χ1) is 18.6. The Balaban J connectivity index is 1.64. The summed E-state index contributed by atoms with van der Waals surface area (Å²) in [6, 6.07) is 4.52. The van der Waals surface area contributed by atoms with Crippen LogP contribution in [0.1, 0.15) is 58.7 Å². The van der Waals surface area contributed by atoms with Gasteiger partial charge in [0.25, 0.3) is 17.7 Å². The fourth-order valence-corrected chi connectivity index (χ4v) is 3.78. The van der Waals surface area contributed by atoms with Gasteiger partial charge in [-0.3, -0.25) is 24.5 Å². The SMILES string of the molecule is Cn1cc(NC(=O)c2cc(NC(=O)c3cc(NC(=O)OC(C)(C)C)cn3C)cn2C)cc1C(=O)NCCC(N)=O. The molecule has 40 heavy (non-hydrogen) atoms. The van der Waals surface area contributed by atoms with E-state index in [4.69, 9.17) is 10.5 Å². The van der Waals surface area contributed by atoms with Crippen LogP contribution in [-0.4, -0.2) is 55.6 Å². The van der Waals surface area contributed by atoms with Crippen LogP contribution in [0.5, 0.6) is 0 Å². The van der Waals surface area contributed by atoms with Crippen molar-refractivity contribution in [2.75, 3.05) is 22.5 Å². The molecule has 0 spiro atoms. The molecule has 14 nitrogen and oxygen atoms in total. The summed E-state index contributed by atoms with van der Waals surface area (Å²) in [5.74, 6) is -1.86. The molecular weight excluding hydrogens is 520 g/mol. The lowest BCUT2D eigenvalue weighted by atomic mass is 10.2. The molecule has 6 N–H and O–H groups in total. The number of anilines is 3. The third kappa shape index (κ3) is 7.75. The molecule has 3 heterocycles. The van der Waals surface area contributed by atoms with Crippen molar-refractivity contribution in [3.63, 3.8) is 0 Å². The molecule has 0 aliphatic rings. The summed E-state index contributed by atoms with van der Waals surface area (Å²) < 4.78 is 9.87. The predicted octanol–water partition coefficient (Wildman–Crippen LogP) is 2.16. The van der Waals surface area contributed by atoms with Crippen molar-refractivity contribution in [1.82, 2.24) is 19.0 Å². The number of nitrogens with one attached hydrogen (secondary N) is 4. The number of hydrogen-bond acceptors (Lipinski definition) is 6. The van der Waals surface area contributed by atoms with Gasteiger partial charge in [-0.25, -0.2) is 4.79 Å². The normalized spacial score (nSPS) is 11.1. The number of carbonyl (C=O) groups is 5. The Labute approximate surface area is 230 Å². The number of primary amides is 1. The molecule has 3 aromatic heterocycles. The first-order valence-electron chi connectivity index (χ1n) is 12.3. The molecule has 0 aliphatic carbocycles. The fraction of sp³-hybridized carbons (Fsp3) is 0.346. The Morgan fingerprint density at radius 1 is 0.725 bits per heavy atom. The summed E-state index contributed by atoms with van der Waals surface area (Å²) in [7, 11) is 4.95. The number of rotatable bonds is 9. The van der Waals surface area contributed by atoms with Crippen molar-refractivity contribution in [1.29, 1.82) is 0 Å². The van der Waals surface area contributed by atoms with E-state index in [2.05, 4.69) is 21.3 Å². The van der Waals surface area contributed by atoms with Gasteiger partial charge in [0, 0.05) is 52.7 Å². The Morgan fingerprint density at radius 3 is 1.52 bits per heavy atom. The molecule has 5 amide bonds. The molecule has 0 radical (unpaired) electrons. The van der Waals surface area contributed by atoms with Crippen LogP contribution in [0.3, 0.4) is 0 Å². The molecule has 3 aromatic rings. The highest BCUT2D eigenvalue weighted by Crippen LogP contribution is 2.20. The van der Waals surface area contributed by atoms with Crippen molar-refractivity contribution < 1.29 is 28.7 Å². The molecule has 3 rings (SSSR count). The third-order valence-electron chi connectivity index (χ3n) is 5.53. The molecule has 0 unspecified atom stereocenters. The van der Waals surface area contributed by atoms with Crippen LogP contribution in [0, 0.1) is 0 Å². The number of hydrogen-bond donors (Lipinski definition) is 5. The van der Waals surface area contributed by atoms with Gasteiger partial charge in [-0.1, -0.05) is 0 Å². The largest absolute Gasteiger partial charge is 0.444 e. The Hall–Kier alpha value is -5.01. The van der Waals surface area contributed by atoms with Gasteiger partial charge >= 0.3 is 6.09 Å². The van der Waals surface area contributed by atoms with E-state index in [9.17, 15) is 24.0 Å². The van der Waals surface area contributed by atoms with Crippen LogP contribution in [0.4, 0.5) is 21.9 Å². The van der Waals surface area contributed by atoms with Crippen LogP contribution < -0.4 is 27.0 Å². The first-order valence-corrected chi connectivity index (χ1v) is 12.3. The van der Waals surface area contributed by atoms with Gasteiger partial charge < -0.3 is 40.1 Å². The van der Waals surface area contributed by atoms with Gasteiger partial charge in [0.1, 0.15) is 22.7 Å². The van der Waals surface area contributed by atoms with E-state index in [0.29, 0.717) is 17.1 Å². The number of carbonyl (C=O) groups excluding carboxylic acids is 5. The summed E-state index contributed by atoms with van der Waals surface area (Å²) in [6.45, 7) is 5.34. The van der Waals surface area contributed by atoms with Gasteiger partial charge in [0.15, 0.2) is 0 Å². The maximum absolute atomic E-state index is 12.9.